The maximum absolute atomic E-state index is 5.84. The highest BCUT2D eigenvalue weighted by molar-refractivity contribution is 7.12. The maximum Gasteiger partial charge on any atom is 0.147 e. The van der Waals surface area contributed by atoms with Crippen molar-refractivity contribution in [2.45, 2.75) is 6.92 Å². The lowest BCUT2D eigenvalue weighted by Crippen LogP contribution is -2.24. The van der Waals surface area contributed by atoms with Gasteiger partial charge in [-0.1, -0.05) is 30.4 Å². The summed E-state index contributed by atoms with van der Waals surface area (Å²) < 4.78 is 5.84. The molecule has 102 valence electrons. The van der Waals surface area contributed by atoms with Crippen LogP contribution in [0.3, 0.4) is 0 Å². The van der Waals surface area contributed by atoms with Gasteiger partial charge >= 0.3 is 0 Å². The van der Waals surface area contributed by atoms with Gasteiger partial charge in [0.15, 0.2) is 0 Å². The molecular formula is C14H19N3OS. The first-order chi connectivity index (χ1) is 9.15. The van der Waals surface area contributed by atoms with Gasteiger partial charge in [-0.15, -0.1) is 10.2 Å². The summed E-state index contributed by atoms with van der Waals surface area (Å²) in [6.45, 7) is 3.93. The molecule has 1 aromatic carbocycles. The Bertz CT molecular complexity index is 499. The van der Waals surface area contributed by atoms with Crippen LogP contribution in [-0.2, 0) is 0 Å². The molecule has 2 rings (SSSR count). The minimum atomic E-state index is 0.500. The number of ether oxygens (including phenoxy) is 1. The third kappa shape index (κ3) is 4.29. The van der Waals surface area contributed by atoms with Crippen molar-refractivity contribution in [1.29, 1.82) is 0 Å². The van der Waals surface area contributed by atoms with Crippen molar-refractivity contribution < 1.29 is 4.74 Å². The first kappa shape index (κ1) is 14.0. The number of aromatic nitrogens is 2. The van der Waals surface area contributed by atoms with E-state index in [9.17, 15) is 0 Å². The van der Waals surface area contributed by atoms with E-state index >= 15 is 0 Å². The number of hydrogen-bond acceptors (Lipinski definition) is 5. The van der Waals surface area contributed by atoms with Crippen LogP contribution in [0.5, 0.6) is 5.75 Å². The fraction of sp³-hybridized carbons (Fsp3) is 0.429. The van der Waals surface area contributed by atoms with Gasteiger partial charge < -0.3 is 9.64 Å². The average molecular weight is 277 g/mol. The second-order valence-electron chi connectivity index (χ2n) is 4.95. The Morgan fingerprint density at radius 2 is 2.21 bits per heavy atom. The summed E-state index contributed by atoms with van der Waals surface area (Å²) >= 11 is 1.53. The number of rotatable bonds is 6. The maximum atomic E-state index is 5.84. The minimum Gasteiger partial charge on any atom is -0.493 e. The molecular weight excluding hydrogens is 258 g/mol. The van der Waals surface area contributed by atoms with Crippen LogP contribution in [0.25, 0.3) is 10.6 Å². The molecule has 4 nitrogen and oxygen atoms in total. The Morgan fingerprint density at radius 3 is 2.89 bits per heavy atom. The zero-order valence-corrected chi connectivity index (χ0v) is 12.4. The lowest BCUT2D eigenvalue weighted by atomic mass is 10.2. The molecule has 0 fully saturated rings. The third-order valence-electron chi connectivity index (χ3n) is 2.65. The van der Waals surface area contributed by atoms with Crippen molar-refractivity contribution in [3.63, 3.8) is 0 Å². The van der Waals surface area contributed by atoms with E-state index in [0.717, 1.165) is 29.5 Å². The van der Waals surface area contributed by atoms with E-state index in [2.05, 4.69) is 36.1 Å². The van der Waals surface area contributed by atoms with E-state index < -0.39 is 0 Å². The second-order valence-corrected chi connectivity index (χ2v) is 5.78. The monoisotopic (exact) mass is 277 g/mol. The lowest BCUT2D eigenvalue weighted by molar-refractivity contribution is 0.222. The van der Waals surface area contributed by atoms with Crippen molar-refractivity contribution in [2.75, 3.05) is 27.2 Å². The van der Waals surface area contributed by atoms with Gasteiger partial charge in [0.1, 0.15) is 16.3 Å². The molecule has 1 unspecified atom stereocenters. The summed E-state index contributed by atoms with van der Waals surface area (Å²) in [7, 11) is 4.15. The molecule has 0 radical (unpaired) electrons. The first-order valence-corrected chi connectivity index (χ1v) is 7.17. The Labute approximate surface area is 118 Å². The van der Waals surface area contributed by atoms with Crippen LogP contribution in [0.4, 0.5) is 0 Å². The lowest BCUT2D eigenvalue weighted by Gasteiger charge is -2.17. The molecule has 0 saturated heterocycles. The average Bonchev–Trinajstić information content (AvgIpc) is 2.90. The van der Waals surface area contributed by atoms with Crippen molar-refractivity contribution in [3.05, 3.63) is 29.8 Å². The Kier molecular flexibility index (Phi) is 4.87. The van der Waals surface area contributed by atoms with Gasteiger partial charge in [-0.25, -0.2) is 0 Å². The Balaban J connectivity index is 1.96. The molecule has 1 heterocycles. The molecule has 0 bridgehead atoms. The molecule has 1 atom stereocenters. The summed E-state index contributed by atoms with van der Waals surface area (Å²) in [6, 6.07) is 8.01. The van der Waals surface area contributed by atoms with E-state index in [0.29, 0.717) is 5.92 Å². The van der Waals surface area contributed by atoms with E-state index in [1.807, 2.05) is 24.3 Å². The SMILES string of the molecule is CC(COc1cccc(-c2nncs2)c1)CN(C)C. The topological polar surface area (TPSA) is 38.3 Å². The Morgan fingerprint density at radius 1 is 1.37 bits per heavy atom. The molecule has 19 heavy (non-hydrogen) atoms. The number of benzene rings is 1. The van der Waals surface area contributed by atoms with Gasteiger partial charge in [-0.3, -0.25) is 0 Å². The summed E-state index contributed by atoms with van der Waals surface area (Å²) in [6.07, 6.45) is 0. The molecule has 0 aliphatic rings. The number of hydrogen-bond donors (Lipinski definition) is 0. The van der Waals surface area contributed by atoms with Crippen molar-refractivity contribution >= 4 is 11.3 Å². The van der Waals surface area contributed by atoms with Crippen LogP contribution in [0.2, 0.25) is 0 Å². The summed E-state index contributed by atoms with van der Waals surface area (Å²) in [4.78, 5) is 2.17. The zero-order valence-electron chi connectivity index (χ0n) is 11.5. The van der Waals surface area contributed by atoms with Crippen LogP contribution >= 0.6 is 11.3 Å². The van der Waals surface area contributed by atoms with Crippen molar-refractivity contribution in [1.82, 2.24) is 15.1 Å². The van der Waals surface area contributed by atoms with E-state index in [1.165, 1.54) is 11.3 Å². The fourth-order valence-corrected chi connectivity index (χ4v) is 2.48. The molecule has 0 spiro atoms. The van der Waals surface area contributed by atoms with Crippen LogP contribution in [0.15, 0.2) is 29.8 Å². The van der Waals surface area contributed by atoms with Crippen molar-refractivity contribution in [2.24, 2.45) is 5.92 Å². The molecule has 0 aliphatic heterocycles. The Hall–Kier alpha value is -1.46. The number of nitrogens with zero attached hydrogens (tertiary/aromatic N) is 3. The molecule has 1 aromatic heterocycles. The van der Waals surface area contributed by atoms with Gasteiger partial charge in [0.25, 0.3) is 0 Å². The van der Waals surface area contributed by atoms with E-state index in [1.54, 1.807) is 5.51 Å². The summed E-state index contributed by atoms with van der Waals surface area (Å²) in [5.41, 5.74) is 2.79. The van der Waals surface area contributed by atoms with E-state index in [4.69, 9.17) is 4.74 Å². The van der Waals surface area contributed by atoms with Crippen LogP contribution in [-0.4, -0.2) is 42.3 Å². The van der Waals surface area contributed by atoms with Gasteiger partial charge in [0.05, 0.1) is 6.61 Å². The second kappa shape index (κ2) is 6.63. The molecule has 2 aromatic rings. The largest absolute Gasteiger partial charge is 0.493 e. The van der Waals surface area contributed by atoms with Gasteiger partial charge in [-0.05, 0) is 26.2 Å². The molecule has 0 amide bonds. The van der Waals surface area contributed by atoms with E-state index in [-0.39, 0.29) is 0 Å². The highest BCUT2D eigenvalue weighted by Gasteiger charge is 2.06. The summed E-state index contributed by atoms with van der Waals surface area (Å²) in [5, 5.41) is 8.85. The molecule has 0 saturated carbocycles. The predicted octanol–water partition coefficient (Wildman–Crippen LogP) is 2.78. The van der Waals surface area contributed by atoms with Crippen LogP contribution < -0.4 is 4.74 Å². The van der Waals surface area contributed by atoms with Crippen LogP contribution in [0, 0.1) is 5.92 Å². The quantitative estimate of drug-likeness (QED) is 0.814. The fourth-order valence-electron chi connectivity index (χ4n) is 1.93. The highest BCUT2D eigenvalue weighted by Crippen LogP contribution is 2.24. The summed E-state index contributed by atoms with van der Waals surface area (Å²) in [5.74, 6) is 1.39. The van der Waals surface area contributed by atoms with Gasteiger partial charge in [0.2, 0.25) is 0 Å². The molecule has 0 N–H and O–H groups in total. The van der Waals surface area contributed by atoms with Crippen molar-refractivity contribution in [3.8, 4) is 16.3 Å². The van der Waals surface area contributed by atoms with Gasteiger partial charge in [-0.2, -0.15) is 0 Å². The predicted molar refractivity (Wildman–Crippen MR) is 78.6 cm³/mol. The molecule has 5 heteroatoms. The smallest absolute Gasteiger partial charge is 0.147 e. The standard InChI is InChI=1S/C14H19N3OS/c1-11(8-17(2)3)9-18-13-6-4-5-12(7-13)14-16-15-10-19-14/h4-7,10-11H,8-9H2,1-3H3. The normalized spacial score (nSPS) is 12.6. The van der Waals surface area contributed by atoms with Gasteiger partial charge in [0, 0.05) is 18.0 Å². The third-order valence-corrected chi connectivity index (χ3v) is 3.39. The molecule has 0 aliphatic carbocycles. The highest BCUT2D eigenvalue weighted by atomic mass is 32.1. The minimum absolute atomic E-state index is 0.500. The van der Waals surface area contributed by atoms with Crippen LogP contribution in [0.1, 0.15) is 6.92 Å². The first-order valence-electron chi connectivity index (χ1n) is 6.29. The zero-order chi connectivity index (χ0) is 13.7.